The van der Waals surface area contributed by atoms with E-state index >= 15 is 0 Å². The first kappa shape index (κ1) is 17.2. The van der Waals surface area contributed by atoms with Crippen LogP contribution in [-0.2, 0) is 30.6 Å². The van der Waals surface area contributed by atoms with E-state index in [4.69, 9.17) is 14.1 Å². The number of hydrogen-bond donors (Lipinski definition) is 1. The third-order valence-corrected chi connectivity index (χ3v) is 5.92. The summed E-state index contributed by atoms with van der Waals surface area (Å²) in [6.45, 7) is 0.896. The first-order valence-corrected chi connectivity index (χ1v) is 9.83. The lowest BCUT2D eigenvalue weighted by molar-refractivity contribution is 0.0922. The number of carbonyl (C=O) groups excluding carboxylic acids is 1. The van der Waals surface area contributed by atoms with Crippen molar-refractivity contribution in [3.8, 4) is 0 Å². The number of methoxy groups -OCH3 is 1. The second-order valence-electron chi connectivity index (χ2n) is 6.53. The first-order valence-electron chi connectivity index (χ1n) is 9.01. The molecular formula is C20H22N2O3S. The minimum Gasteiger partial charge on any atom is -0.451 e. The highest BCUT2D eigenvalue weighted by molar-refractivity contribution is 7.11. The van der Waals surface area contributed by atoms with Gasteiger partial charge in [-0.05, 0) is 31.7 Å². The predicted octanol–water partition coefficient (Wildman–Crippen LogP) is 3.89. The highest BCUT2D eigenvalue weighted by atomic mass is 32.1. The summed E-state index contributed by atoms with van der Waals surface area (Å²) in [5.41, 5.74) is 2.77. The fraction of sp³-hybridized carbons (Fsp3) is 0.400. The summed E-state index contributed by atoms with van der Waals surface area (Å²) in [7, 11) is 1.62. The van der Waals surface area contributed by atoms with Crippen LogP contribution in [0.1, 0.15) is 44.5 Å². The second-order valence-corrected chi connectivity index (χ2v) is 7.70. The SMILES string of the molecule is COCc1c(C(=O)NCCc2nc3c(s2)CCCC3)oc2ccccc12. The molecule has 6 heteroatoms. The summed E-state index contributed by atoms with van der Waals surface area (Å²) in [4.78, 5) is 18.8. The van der Waals surface area contributed by atoms with E-state index in [0.717, 1.165) is 35.2 Å². The van der Waals surface area contributed by atoms with Crippen molar-refractivity contribution >= 4 is 28.2 Å². The van der Waals surface area contributed by atoms with E-state index in [-0.39, 0.29) is 5.91 Å². The van der Waals surface area contributed by atoms with Gasteiger partial charge in [-0.3, -0.25) is 4.79 Å². The van der Waals surface area contributed by atoms with Gasteiger partial charge in [0.2, 0.25) is 0 Å². The van der Waals surface area contributed by atoms with Crippen LogP contribution < -0.4 is 5.32 Å². The average molecular weight is 370 g/mol. The predicted molar refractivity (Wildman–Crippen MR) is 102 cm³/mol. The van der Waals surface area contributed by atoms with Gasteiger partial charge < -0.3 is 14.5 Å². The van der Waals surface area contributed by atoms with Crippen molar-refractivity contribution in [2.24, 2.45) is 0 Å². The molecule has 1 amide bonds. The Balaban J connectivity index is 1.44. The molecule has 2 heterocycles. The van der Waals surface area contributed by atoms with Crippen LogP contribution >= 0.6 is 11.3 Å². The summed E-state index contributed by atoms with van der Waals surface area (Å²) in [6, 6.07) is 7.65. The van der Waals surface area contributed by atoms with Crippen LogP contribution in [0.3, 0.4) is 0 Å². The maximum absolute atomic E-state index is 12.6. The van der Waals surface area contributed by atoms with Crippen molar-refractivity contribution in [3.05, 3.63) is 51.2 Å². The molecule has 26 heavy (non-hydrogen) atoms. The number of fused-ring (bicyclic) bond motifs is 2. The van der Waals surface area contributed by atoms with Gasteiger partial charge in [-0.15, -0.1) is 11.3 Å². The van der Waals surface area contributed by atoms with Crippen LogP contribution in [-0.4, -0.2) is 24.5 Å². The van der Waals surface area contributed by atoms with E-state index in [9.17, 15) is 4.79 Å². The summed E-state index contributed by atoms with van der Waals surface area (Å²) >= 11 is 1.79. The van der Waals surface area contributed by atoms with Gasteiger partial charge in [0.15, 0.2) is 5.76 Å². The Morgan fingerprint density at radius 1 is 1.31 bits per heavy atom. The van der Waals surface area contributed by atoms with Gasteiger partial charge in [0, 0.05) is 35.9 Å². The number of amides is 1. The van der Waals surface area contributed by atoms with Crippen molar-refractivity contribution in [1.29, 1.82) is 0 Å². The zero-order valence-corrected chi connectivity index (χ0v) is 15.7. The Labute approximate surface area is 156 Å². The number of aromatic nitrogens is 1. The van der Waals surface area contributed by atoms with Crippen LogP contribution in [0.4, 0.5) is 0 Å². The third kappa shape index (κ3) is 3.39. The van der Waals surface area contributed by atoms with Gasteiger partial charge in [0.1, 0.15) is 5.58 Å². The van der Waals surface area contributed by atoms with Crippen LogP contribution in [0.25, 0.3) is 11.0 Å². The molecular weight excluding hydrogens is 348 g/mol. The van der Waals surface area contributed by atoms with Gasteiger partial charge >= 0.3 is 0 Å². The van der Waals surface area contributed by atoms with E-state index < -0.39 is 0 Å². The number of benzene rings is 1. The monoisotopic (exact) mass is 370 g/mol. The molecule has 2 aromatic heterocycles. The number of carbonyl (C=O) groups is 1. The van der Waals surface area contributed by atoms with Crippen LogP contribution in [0.15, 0.2) is 28.7 Å². The average Bonchev–Trinajstić information content (AvgIpc) is 3.23. The number of ether oxygens (including phenoxy) is 1. The molecule has 136 valence electrons. The van der Waals surface area contributed by atoms with Gasteiger partial charge in [-0.25, -0.2) is 4.98 Å². The van der Waals surface area contributed by atoms with Crippen molar-refractivity contribution in [2.75, 3.05) is 13.7 Å². The molecule has 0 saturated carbocycles. The number of nitrogens with one attached hydrogen (secondary N) is 1. The third-order valence-electron chi connectivity index (χ3n) is 4.71. The molecule has 0 radical (unpaired) electrons. The minimum absolute atomic E-state index is 0.199. The lowest BCUT2D eigenvalue weighted by Crippen LogP contribution is -2.26. The fourth-order valence-electron chi connectivity index (χ4n) is 3.45. The molecule has 5 nitrogen and oxygen atoms in total. The van der Waals surface area contributed by atoms with Crippen LogP contribution in [0, 0.1) is 0 Å². The molecule has 0 bridgehead atoms. The van der Waals surface area contributed by atoms with E-state index in [2.05, 4.69) is 5.32 Å². The summed E-state index contributed by atoms with van der Waals surface area (Å²) in [5, 5.41) is 5.00. The Morgan fingerprint density at radius 2 is 2.15 bits per heavy atom. The van der Waals surface area contributed by atoms with Crippen molar-refractivity contribution in [3.63, 3.8) is 0 Å². The zero-order chi connectivity index (χ0) is 17.9. The van der Waals surface area contributed by atoms with Gasteiger partial charge in [-0.2, -0.15) is 0 Å². The van der Waals surface area contributed by atoms with Crippen LogP contribution in [0.2, 0.25) is 0 Å². The van der Waals surface area contributed by atoms with E-state index in [0.29, 0.717) is 24.5 Å². The first-order chi connectivity index (χ1) is 12.8. The summed E-state index contributed by atoms with van der Waals surface area (Å²) < 4.78 is 11.0. The molecule has 0 aliphatic heterocycles. The van der Waals surface area contributed by atoms with Crippen molar-refractivity contribution in [2.45, 2.75) is 38.7 Å². The van der Waals surface area contributed by atoms with Crippen molar-refractivity contribution in [1.82, 2.24) is 10.3 Å². The number of aryl methyl sites for hydroxylation is 2. The molecule has 1 aromatic carbocycles. The number of para-hydroxylation sites is 1. The number of rotatable bonds is 6. The lowest BCUT2D eigenvalue weighted by atomic mass is 10.0. The topological polar surface area (TPSA) is 64.4 Å². The molecule has 4 rings (SSSR count). The molecule has 0 unspecified atom stereocenters. The Morgan fingerprint density at radius 3 is 3.00 bits per heavy atom. The number of nitrogens with zero attached hydrogens (tertiary/aromatic N) is 1. The molecule has 0 spiro atoms. The highest BCUT2D eigenvalue weighted by Crippen LogP contribution is 2.28. The molecule has 3 aromatic rings. The molecule has 1 aliphatic rings. The second kappa shape index (κ2) is 7.60. The van der Waals surface area contributed by atoms with E-state index in [1.165, 1.54) is 23.4 Å². The maximum atomic E-state index is 12.6. The smallest absolute Gasteiger partial charge is 0.287 e. The highest BCUT2D eigenvalue weighted by Gasteiger charge is 2.20. The Hall–Kier alpha value is -2.18. The van der Waals surface area contributed by atoms with Gasteiger partial charge in [0.25, 0.3) is 5.91 Å². The molecule has 0 saturated heterocycles. The quantitative estimate of drug-likeness (QED) is 0.715. The van der Waals surface area contributed by atoms with E-state index in [1.54, 1.807) is 18.4 Å². The fourth-order valence-corrected chi connectivity index (χ4v) is 4.60. The zero-order valence-electron chi connectivity index (χ0n) is 14.8. The van der Waals surface area contributed by atoms with Crippen LogP contribution in [0.5, 0.6) is 0 Å². The Bertz CT molecular complexity index is 905. The Kier molecular flexibility index (Phi) is 5.04. The van der Waals surface area contributed by atoms with Gasteiger partial charge in [0.05, 0.1) is 17.3 Å². The number of furan rings is 1. The lowest BCUT2D eigenvalue weighted by Gasteiger charge is -2.06. The van der Waals surface area contributed by atoms with Crippen molar-refractivity contribution < 1.29 is 13.9 Å². The standard InChI is InChI=1S/C20H22N2O3S/c1-24-12-14-13-6-2-4-8-16(13)25-19(14)20(23)21-11-10-18-22-15-7-3-5-9-17(15)26-18/h2,4,6,8H,3,5,7,9-12H2,1H3,(H,21,23). The normalized spacial score (nSPS) is 13.7. The molecule has 1 N–H and O–H groups in total. The number of thiazole rings is 1. The van der Waals surface area contributed by atoms with Gasteiger partial charge in [-0.1, -0.05) is 18.2 Å². The summed E-state index contributed by atoms with van der Waals surface area (Å²) in [5.74, 6) is 0.140. The molecule has 0 fully saturated rings. The molecule has 1 aliphatic carbocycles. The largest absolute Gasteiger partial charge is 0.451 e. The summed E-state index contributed by atoms with van der Waals surface area (Å²) in [6.07, 6.45) is 5.50. The maximum Gasteiger partial charge on any atom is 0.287 e. The molecule has 0 atom stereocenters. The minimum atomic E-state index is -0.199. The van der Waals surface area contributed by atoms with E-state index in [1.807, 2.05) is 24.3 Å². The number of hydrogen-bond acceptors (Lipinski definition) is 5.